The Morgan fingerprint density at radius 3 is 2.27 bits per heavy atom. The third-order valence-electron chi connectivity index (χ3n) is 4.18. The number of aryl methyl sites for hydroxylation is 1. The van der Waals surface area contributed by atoms with Gasteiger partial charge in [0.25, 0.3) is 5.91 Å². The number of anilines is 1. The molecule has 138 valence electrons. The molecule has 0 aliphatic rings. The van der Waals surface area contributed by atoms with Gasteiger partial charge >= 0.3 is 0 Å². The van der Waals surface area contributed by atoms with Crippen molar-refractivity contribution in [1.82, 2.24) is 10.3 Å². The minimum Gasteiger partial charge on any atom is -0.354 e. The van der Waals surface area contributed by atoms with Crippen LogP contribution in [0.25, 0.3) is 0 Å². The Kier molecular flexibility index (Phi) is 6.33. The lowest BCUT2D eigenvalue weighted by atomic mass is 10.1. The fraction of sp³-hybridized carbons (Fsp3) is 0.350. The van der Waals surface area contributed by atoms with Gasteiger partial charge in [-0.25, -0.2) is 0 Å². The quantitative estimate of drug-likeness (QED) is 0.664. The third kappa shape index (κ3) is 4.59. The zero-order valence-electron chi connectivity index (χ0n) is 15.7. The molecule has 6 heteroatoms. The minimum absolute atomic E-state index is 0.00702. The van der Waals surface area contributed by atoms with Crippen LogP contribution < -0.4 is 10.6 Å². The van der Waals surface area contributed by atoms with E-state index in [9.17, 15) is 14.4 Å². The molecule has 0 bridgehead atoms. The number of ketones is 1. The summed E-state index contributed by atoms with van der Waals surface area (Å²) in [6.45, 7) is 7.35. The number of aromatic nitrogens is 1. The predicted molar refractivity (Wildman–Crippen MR) is 101 cm³/mol. The van der Waals surface area contributed by atoms with E-state index in [4.69, 9.17) is 0 Å². The average Bonchev–Trinajstić information content (AvgIpc) is 2.88. The second-order valence-electron chi connectivity index (χ2n) is 6.36. The lowest BCUT2D eigenvalue weighted by Gasteiger charge is -2.08. The molecular weight excluding hydrogens is 330 g/mol. The maximum atomic E-state index is 12.4. The zero-order chi connectivity index (χ0) is 19.3. The summed E-state index contributed by atoms with van der Waals surface area (Å²) in [5.41, 5.74) is 4.01. The Bertz CT molecular complexity index is 820. The first kappa shape index (κ1) is 19.4. The Morgan fingerprint density at radius 1 is 1.08 bits per heavy atom. The first-order chi connectivity index (χ1) is 12.3. The van der Waals surface area contributed by atoms with E-state index < -0.39 is 0 Å². The van der Waals surface area contributed by atoms with Crippen molar-refractivity contribution in [3.8, 4) is 0 Å². The van der Waals surface area contributed by atoms with Crippen LogP contribution in [0.4, 0.5) is 5.69 Å². The van der Waals surface area contributed by atoms with Gasteiger partial charge in [0.2, 0.25) is 5.91 Å². The van der Waals surface area contributed by atoms with E-state index in [-0.39, 0.29) is 17.6 Å². The van der Waals surface area contributed by atoms with E-state index in [0.29, 0.717) is 35.5 Å². The summed E-state index contributed by atoms with van der Waals surface area (Å²) in [7, 11) is 0. The van der Waals surface area contributed by atoms with Crippen molar-refractivity contribution < 1.29 is 14.4 Å². The molecule has 2 rings (SSSR count). The molecule has 0 fully saturated rings. The molecule has 1 aromatic carbocycles. The van der Waals surface area contributed by atoms with Crippen molar-refractivity contribution in [2.75, 3.05) is 5.32 Å². The number of rotatable bonds is 7. The molecule has 6 nitrogen and oxygen atoms in total. The average molecular weight is 355 g/mol. The first-order valence-corrected chi connectivity index (χ1v) is 8.70. The lowest BCUT2D eigenvalue weighted by molar-refractivity contribution is -0.116. The zero-order valence-corrected chi connectivity index (χ0v) is 15.7. The van der Waals surface area contributed by atoms with Crippen LogP contribution in [-0.4, -0.2) is 22.6 Å². The number of carbonyl (C=O) groups is 3. The van der Waals surface area contributed by atoms with Crippen molar-refractivity contribution in [3.63, 3.8) is 0 Å². The van der Waals surface area contributed by atoms with E-state index in [0.717, 1.165) is 17.7 Å². The van der Waals surface area contributed by atoms with E-state index >= 15 is 0 Å². The topological polar surface area (TPSA) is 91.1 Å². The Labute approximate surface area is 153 Å². The van der Waals surface area contributed by atoms with Crippen LogP contribution in [-0.2, 0) is 11.3 Å². The number of aromatic amines is 1. The Balaban J connectivity index is 1.98. The van der Waals surface area contributed by atoms with Gasteiger partial charge in [0.15, 0.2) is 5.78 Å². The highest BCUT2D eigenvalue weighted by Gasteiger charge is 2.19. The largest absolute Gasteiger partial charge is 0.354 e. The summed E-state index contributed by atoms with van der Waals surface area (Å²) < 4.78 is 0. The fourth-order valence-electron chi connectivity index (χ4n) is 2.93. The number of H-pyrrole nitrogens is 1. The summed E-state index contributed by atoms with van der Waals surface area (Å²) in [5.74, 6) is -0.318. The number of nitrogens with one attached hydrogen (secondary N) is 3. The molecule has 2 amide bonds. The number of Topliss-reactive ketones (excluding diaryl/α,β-unsaturated/α-hetero) is 1. The van der Waals surface area contributed by atoms with Crippen molar-refractivity contribution >= 4 is 23.3 Å². The summed E-state index contributed by atoms with van der Waals surface area (Å²) in [4.78, 5) is 38.6. The number of amides is 2. The van der Waals surface area contributed by atoms with Gasteiger partial charge in [-0.3, -0.25) is 14.4 Å². The molecule has 1 heterocycles. The van der Waals surface area contributed by atoms with Crippen LogP contribution >= 0.6 is 0 Å². The third-order valence-corrected chi connectivity index (χ3v) is 4.18. The minimum atomic E-state index is -0.251. The van der Waals surface area contributed by atoms with E-state index in [1.165, 1.54) is 6.92 Å². The Hall–Kier alpha value is -2.89. The standard InChI is InChI=1S/C20H25N3O3/c1-5-6-17(25)23-16-9-7-15(8-10-16)11-21-20(26)19-12(2)18(14(4)24)13(3)22-19/h7-10,22H,5-6,11H2,1-4H3,(H,21,26)(H,23,25). The molecule has 0 spiro atoms. The van der Waals surface area contributed by atoms with Crippen LogP contribution in [0.1, 0.15) is 64.4 Å². The highest BCUT2D eigenvalue weighted by atomic mass is 16.2. The normalized spacial score (nSPS) is 10.5. The maximum Gasteiger partial charge on any atom is 0.268 e. The molecule has 0 radical (unpaired) electrons. The predicted octanol–water partition coefficient (Wildman–Crippen LogP) is 3.50. The van der Waals surface area contributed by atoms with Crippen LogP contribution in [0.2, 0.25) is 0 Å². The molecule has 0 unspecified atom stereocenters. The van der Waals surface area contributed by atoms with Gasteiger partial charge in [0, 0.05) is 29.9 Å². The van der Waals surface area contributed by atoms with Gasteiger partial charge in [-0.2, -0.15) is 0 Å². The number of hydrogen-bond donors (Lipinski definition) is 3. The van der Waals surface area contributed by atoms with E-state index in [1.54, 1.807) is 13.8 Å². The van der Waals surface area contributed by atoms with Gasteiger partial charge < -0.3 is 15.6 Å². The highest BCUT2D eigenvalue weighted by molar-refractivity contribution is 6.02. The van der Waals surface area contributed by atoms with E-state index in [2.05, 4.69) is 15.6 Å². The molecular formula is C20H25N3O3. The second kappa shape index (κ2) is 8.47. The summed E-state index contributed by atoms with van der Waals surface area (Å²) in [6, 6.07) is 7.34. The van der Waals surface area contributed by atoms with Crippen molar-refractivity contribution in [2.45, 2.75) is 47.1 Å². The summed E-state index contributed by atoms with van der Waals surface area (Å²) in [5, 5.41) is 5.67. The first-order valence-electron chi connectivity index (χ1n) is 8.70. The molecule has 2 aromatic rings. The molecule has 0 aliphatic heterocycles. The van der Waals surface area contributed by atoms with Gasteiger partial charge in [-0.05, 0) is 50.5 Å². The van der Waals surface area contributed by atoms with Crippen LogP contribution in [0, 0.1) is 13.8 Å². The molecule has 26 heavy (non-hydrogen) atoms. The van der Waals surface area contributed by atoms with Crippen molar-refractivity contribution in [1.29, 1.82) is 0 Å². The van der Waals surface area contributed by atoms with Crippen molar-refractivity contribution in [2.24, 2.45) is 0 Å². The second-order valence-corrected chi connectivity index (χ2v) is 6.36. The Morgan fingerprint density at radius 2 is 1.73 bits per heavy atom. The maximum absolute atomic E-state index is 12.4. The van der Waals surface area contributed by atoms with E-state index in [1.807, 2.05) is 31.2 Å². The lowest BCUT2D eigenvalue weighted by Crippen LogP contribution is -2.24. The smallest absolute Gasteiger partial charge is 0.268 e. The molecule has 0 atom stereocenters. The molecule has 0 saturated carbocycles. The van der Waals surface area contributed by atoms with Crippen LogP contribution in [0.3, 0.4) is 0 Å². The van der Waals surface area contributed by atoms with Crippen molar-refractivity contribution in [3.05, 3.63) is 52.3 Å². The summed E-state index contributed by atoms with van der Waals surface area (Å²) >= 11 is 0. The monoisotopic (exact) mass is 355 g/mol. The molecule has 0 aliphatic carbocycles. The number of benzene rings is 1. The highest BCUT2D eigenvalue weighted by Crippen LogP contribution is 2.18. The molecule has 3 N–H and O–H groups in total. The fourth-order valence-corrected chi connectivity index (χ4v) is 2.93. The number of hydrogen-bond acceptors (Lipinski definition) is 3. The van der Waals surface area contributed by atoms with Crippen LogP contribution in [0.15, 0.2) is 24.3 Å². The SMILES string of the molecule is CCCC(=O)Nc1ccc(CNC(=O)c2[nH]c(C)c(C(C)=O)c2C)cc1. The number of carbonyl (C=O) groups excluding carboxylic acids is 3. The summed E-state index contributed by atoms with van der Waals surface area (Å²) in [6.07, 6.45) is 1.30. The van der Waals surface area contributed by atoms with Crippen LogP contribution in [0.5, 0.6) is 0 Å². The van der Waals surface area contributed by atoms with Gasteiger partial charge in [0.1, 0.15) is 5.69 Å². The van der Waals surface area contributed by atoms with Gasteiger partial charge in [-0.15, -0.1) is 0 Å². The van der Waals surface area contributed by atoms with Gasteiger partial charge in [0.05, 0.1) is 0 Å². The van der Waals surface area contributed by atoms with Gasteiger partial charge in [-0.1, -0.05) is 19.1 Å². The molecule has 0 saturated heterocycles. The molecule has 1 aromatic heterocycles.